The van der Waals surface area contributed by atoms with Crippen LogP contribution >= 0.6 is 0 Å². The van der Waals surface area contributed by atoms with Crippen LogP contribution in [0.25, 0.3) is 16.5 Å². The third kappa shape index (κ3) is 4.39. The number of nitrogens with one attached hydrogen (secondary N) is 3. The van der Waals surface area contributed by atoms with Gasteiger partial charge < -0.3 is 20.5 Å². The fraction of sp³-hybridized carbons (Fsp3) is 0.367. The van der Waals surface area contributed by atoms with Gasteiger partial charge in [0.05, 0.1) is 33.7 Å². The molecular formula is C30H34N6O2. The van der Waals surface area contributed by atoms with E-state index in [4.69, 9.17) is 5.10 Å². The van der Waals surface area contributed by atoms with Gasteiger partial charge in [0, 0.05) is 49.7 Å². The molecular weight excluding hydrogens is 476 g/mol. The standard InChI is InChI=1S/C30H34N6O2/c1-18-13-20-14-23(36-25-16-30(3,4)17-26(37)27(25)19(2)34-36)15-24(28(20)29(38)32-18)33-21-5-7-22(8-6-21)35-11-9-31-10-12-35/h5-8,13-15,31,33H,9-12,16-17H2,1-4H3,(H,32,38). The molecule has 8 nitrogen and oxygen atoms in total. The smallest absolute Gasteiger partial charge is 0.258 e. The van der Waals surface area contributed by atoms with Gasteiger partial charge in [0.2, 0.25) is 0 Å². The number of aromatic amines is 1. The number of aromatic nitrogens is 3. The summed E-state index contributed by atoms with van der Waals surface area (Å²) >= 11 is 0. The van der Waals surface area contributed by atoms with Crippen molar-refractivity contribution >= 4 is 33.6 Å². The zero-order valence-electron chi connectivity index (χ0n) is 22.4. The average Bonchev–Trinajstić information content (AvgIpc) is 3.19. The molecule has 4 aromatic rings. The molecule has 0 saturated carbocycles. The lowest BCUT2D eigenvalue weighted by Gasteiger charge is -2.29. The number of rotatable bonds is 4. The van der Waals surface area contributed by atoms with Crippen LogP contribution in [0, 0.1) is 19.3 Å². The van der Waals surface area contributed by atoms with Crippen molar-refractivity contribution in [2.75, 3.05) is 36.4 Å². The van der Waals surface area contributed by atoms with E-state index in [1.807, 2.05) is 36.7 Å². The SMILES string of the molecule is Cc1cc2cc(-n3nc(C)c4c3CC(C)(C)CC4=O)cc(Nc3ccc(N4CCNCC4)cc3)c2c(=O)[nH]1. The summed E-state index contributed by atoms with van der Waals surface area (Å²) in [5.41, 5.74) is 6.58. The molecule has 0 atom stereocenters. The van der Waals surface area contributed by atoms with Crippen molar-refractivity contribution < 1.29 is 4.79 Å². The Morgan fingerprint density at radius 2 is 1.68 bits per heavy atom. The summed E-state index contributed by atoms with van der Waals surface area (Å²) in [6.07, 6.45) is 1.28. The first-order chi connectivity index (χ1) is 18.2. The number of piperazine rings is 1. The molecule has 1 fully saturated rings. The lowest BCUT2D eigenvalue weighted by Crippen LogP contribution is -2.43. The van der Waals surface area contributed by atoms with Gasteiger partial charge in [0.15, 0.2) is 5.78 Å². The molecule has 8 heteroatoms. The number of aryl methyl sites for hydroxylation is 2. The minimum Gasteiger partial charge on any atom is -0.369 e. The van der Waals surface area contributed by atoms with E-state index in [1.165, 1.54) is 5.69 Å². The summed E-state index contributed by atoms with van der Waals surface area (Å²) in [6.45, 7) is 12.0. The minimum absolute atomic E-state index is 0.133. The molecule has 1 saturated heterocycles. The number of fused-ring (bicyclic) bond motifs is 2. The molecule has 0 amide bonds. The zero-order chi connectivity index (χ0) is 26.6. The highest BCUT2D eigenvalue weighted by Gasteiger charge is 2.35. The monoisotopic (exact) mass is 510 g/mol. The second-order valence-electron chi connectivity index (χ2n) is 11.4. The Kier molecular flexibility index (Phi) is 5.87. The molecule has 0 bridgehead atoms. The third-order valence-electron chi connectivity index (χ3n) is 7.66. The van der Waals surface area contributed by atoms with Crippen molar-refractivity contribution in [1.82, 2.24) is 20.1 Å². The number of H-pyrrole nitrogens is 1. The van der Waals surface area contributed by atoms with Crippen molar-refractivity contribution in [3.8, 4) is 5.69 Å². The first-order valence-electron chi connectivity index (χ1n) is 13.3. The predicted molar refractivity (Wildman–Crippen MR) is 152 cm³/mol. The highest BCUT2D eigenvalue weighted by Crippen LogP contribution is 2.38. The van der Waals surface area contributed by atoms with Gasteiger partial charge in [-0.25, -0.2) is 4.68 Å². The summed E-state index contributed by atoms with van der Waals surface area (Å²) < 4.78 is 1.90. The van der Waals surface area contributed by atoms with Crippen LogP contribution in [0.3, 0.4) is 0 Å². The van der Waals surface area contributed by atoms with Crippen molar-refractivity contribution in [3.63, 3.8) is 0 Å². The van der Waals surface area contributed by atoms with Crippen LogP contribution in [0.15, 0.2) is 47.3 Å². The maximum atomic E-state index is 13.1. The fourth-order valence-electron chi connectivity index (χ4n) is 5.94. The van der Waals surface area contributed by atoms with E-state index < -0.39 is 0 Å². The lowest BCUT2D eigenvalue weighted by molar-refractivity contribution is 0.0910. The first-order valence-corrected chi connectivity index (χ1v) is 13.3. The van der Waals surface area contributed by atoms with Gasteiger partial charge in [-0.15, -0.1) is 0 Å². The molecule has 6 rings (SSSR count). The Hall–Kier alpha value is -3.91. The van der Waals surface area contributed by atoms with Gasteiger partial charge in [-0.05, 0) is 73.5 Å². The van der Waals surface area contributed by atoms with Gasteiger partial charge >= 0.3 is 0 Å². The van der Waals surface area contributed by atoms with Gasteiger partial charge in [-0.2, -0.15) is 5.10 Å². The highest BCUT2D eigenvalue weighted by atomic mass is 16.1. The van der Waals surface area contributed by atoms with E-state index in [2.05, 4.69) is 58.6 Å². The Balaban J connectivity index is 1.45. The van der Waals surface area contributed by atoms with Gasteiger partial charge in [0.25, 0.3) is 5.56 Å². The summed E-state index contributed by atoms with van der Waals surface area (Å²) in [7, 11) is 0. The second kappa shape index (κ2) is 9.13. The van der Waals surface area contributed by atoms with E-state index in [1.54, 1.807) is 0 Å². The first kappa shape index (κ1) is 24.4. The van der Waals surface area contributed by atoms with Crippen LogP contribution in [0.1, 0.15) is 47.7 Å². The van der Waals surface area contributed by atoms with Crippen LogP contribution in [0.4, 0.5) is 17.1 Å². The van der Waals surface area contributed by atoms with E-state index in [0.29, 0.717) is 17.5 Å². The summed E-state index contributed by atoms with van der Waals surface area (Å²) in [4.78, 5) is 31.4. The average molecular weight is 511 g/mol. The predicted octanol–water partition coefficient (Wildman–Crippen LogP) is 4.64. The van der Waals surface area contributed by atoms with Crippen LogP contribution in [0.5, 0.6) is 0 Å². The molecule has 3 N–H and O–H groups in total. The van der Waals surface area contributed by atoms with E-state index in [-0.39, 0.29) is 16.8 Å². The summed E-state index contributed by atoms with van der Waals surface area (Å²) in [6, 6.07) is 14.3. The summed E-state index contributed by atoms with van der Waals surface area (Å²) in [5.74, 6) is 0.149. The minimum atomic E-state index is -0.138. The number of ketones is 1. The molecule has 2 aromatic heterocycles. The van der Waals surface area contributed by atoms with Crippen molar-refractivity contribution in [2.45, 2.75) is 40.5 Å². The number of nitrogens with zero attached hydrogens (tertiary/aromatic N) is 3. The van der Waals surface area contributed by atoms with Crippen LogP contribution in [-0.2, 0) is 6.42 Å². The highest BCUT2D eigenvalue weighted by molar-refractivity contribution is 6.00. The molecule has 0 radical (unpaired) electrons. The van der Waals surface area contributed by atoms with E-state index in [0.717, 1.165) is 72.0 Å². The molecule has 1 aliphatic heterocycles. The van der Waals surface area contributed by atoms with Gasteiger partial charge in [0.1, 0.15) is 0 Å². The van der Waals surface area contributed by atoms with Crippen LogP contribution in [0.2, 0.25) is 0 Å². The molecule has 3 heterocycles. The Labute approximate surface area is 222 Å². The van der Waals surface area contributed by atoms with Crippen molar-refractivity contribution in [1.29, 1.82) is 0 Å². The number of pyridine rings is 1. The van der Waals surface area contributed by atoms with Crippen molar-refractivity contribution in [3.05, 3.63) is 75.5 Å². The molecule has 196 valence electrons. The van der Waals surface area contributed by atoms with Gasteiger partial charge in [-0.3, -0.25) is 9.59 Å². The number of benzene rings is 2. The lowest BCUT2D eigenvalue weighted by atomic mass is 9.75. The number of anilines is 3. The Bertz CT molecular complexity index is 1610. The Morgan fingerprint density at radius 1 is 0.947 bits per heavy atom. The number of hydrogen-bond donors (Lipinski definition) is 3. The quantitative estimate of drug-likeness (QED) is 0.370. The van der Waals surface area contributed by atoms with Crippen molar-refractivity contribution in [2.24, 2.45) is 5.41 Å². The fourth-order valence-corrected chi connectivity index (χ4v) is 5.94. The topological polar surface area (TPSA) is 95.1 Å². The summed E-state index contributed by atoms with van der Waals surface area (Å²) in [5, 5.41) is 13.1. The van der Waals surface area contributed by atoms with Crippen LogP contribution in [-0.4, -0.2) is 46.7 Å². The maximum absolute atomic E-state index is 13.1. The van der Waals surface area contributed by atoms with Crippen LogP contribution < -0.4 is 21.1 Å². The maximum Gasteiger partial charge on any atom is 0.258 e. The zero-order valence-corrected chi connectivity index (χ0v) is 22.4. The molecule has 38 heavy (non-hydrogen) atoms. The molecule has 2 aromatic carbocycles. The van der Waals surface area contributed by atoms with E-state index in [9.17, 15) is 9.59 Å². The normalized spacial score (nSPS) is 17.1. The molecule has 0 spiro atoms. The number of carbonyl (C=O) groups is 1. The number of carbonyl (C=O) groups excluding carboxylic acids is 1. The second-order valence-corrected chi connectivity index (χ2v) is 11.4. The largest absolute Gasteiger partial charge is 0.369 e. The Morgan fingerprint density at radius 3 is 2.42 bits per heavy atom. The van der Waals surface area contributed by atoms with Gasteiger partial charge in [-0.1, -0.05) is 13.8 Å². The molecule has 1 aliphatic carbocycles. The number of Topliss-reactive ketones (excluding diaryl/α,β-unsaturated/α-hetero) is 1. The third-order valence-corrected chi connectivity index (χ3v) is 7.66. The molecule has 0 unspecified atom stereocenters. The van der Waals surface area contributed by atoms with E-state index >= 15 is 0 Å². The number of hydrogen-bond acceptors (Lipinski definition) is 6. The molecule has 2 aliphatic rings.